The number of carbonyl (C=O) groups is 2. The van der Waals surface area contributed by atoms with Crippen LogP contribution in [0, 0.1) is 5.92 Å². The molecule has 0 fully saturated rings. The molecule has 0 aromatic heterocycles. The van der Waals surface area contributed by atoms with Crippen LogP contribution in [-0.2, 0) is 24.6 Å². The molecule has 2 aromatic carbocycles. The van der Waals surface area contributed by atoms with Crippen molar-refractivity contribution in [3.8, 4) is 11.1 Å². The molecule has 7 heteroatoms. The average Bonchev–Trinajstić information content (AvgIpc) is 3.18. The van der Waals surface area contributed by atoms with Gasteiger partial charge in [-0.05, 0) is 36.1 Å². The van der Waals surface area contributed by atoms with Crippen LogP contribution in [0.15, 0.2) is 58.8 Å². The van der Waals surface area contributed by atoms with Crippen LogP contribution in [-0.4, -0.2) is 30.2 Å². The fourth-order valence-electron chi connectivity index (χ4n) is 4.15. The summed E-state index contributed by atoms with van der Waals surface area (Å²) in [6, 6.07) is 15.2. The number of ether oxygens (including phenoxy) is 2. The van der Waals surface area contributed by atoms with E-state index in [9.17, 15) is 9.59 Å². The predicted molar refractivity (Wildman–Crippen MR) is 103 cm³/mol. The second kappa shape index (κ2) is 6.71. The van der Waals surface area contributed by atoms with Crippen molar-refractivity contribution in [2.75, 3.05) is 13.2 Å². The third-order valence-corrected chi connectivity index (χ3v) is 5.65. The first-order chi connectivity index (χ1) is 13.5. The minimum atomic E-state index is -1.99. The highest BCUT2D eigenvalue weighted by atomic mass is 35.5. The van der Waals surface area contributed by atoms with E-state index in [-0.39, 0.29) is 13.2 Å². The number of azo groups is 1. The summed E-state index contributed by atoms with van der Waals surface area (Å²) in [5.74, 6) is -2.63. The third-order valence-electron chi connectivity index (χ3n) is 5.20. The zero-order valence-corrected chi connectivity index (χ0v) is 16.3. The summed E-state index contributed by atoms with van der Waals surface area (Å²) in [6.45, 7) is 3.62. The van der Waals surface area contributed by atoms with Crippen LogP contribution in [0.5, 0.6) is 0 Å². The highest BCUT2D eigenvalue weighted by Gasteiger charge is 2.68. The molecule has 0 saturated carbocycles. The summed E-state index contributed by atoms with van der Waals surface area (Å²) in [5.41, 5.74) is 2.15. The highest BCUT2D eigenvalue weighted by Crippen LogP contribution is 2.61. The largest absolute Gasteiger partial charge is 0.466 e. The zero-order chi connectivity index (χ0) is 19.9. The number of esters is 2. The van der Waals surface area contributed by atoms with Crippen molar-refractivity contribution in [1.82, 2.24) is 0 Å². The second-order valence-electron chi connectivity index (χ2n) is 6.64. The van der Waals surface area contributed by atoms with Gasteiger partial charge in [0.25, 0.3) is 5.00 Å². The summed E-state index contributed by atoms with van der Waals surface area (Å²) >= 11 is 6.66. The van der Waals surface area contributed by atoms with Crippen molar-refractivity contribution >= 4 is 23.5 Å². The van der Waals surface area contributed by atoms with Gasteiger partial charge in [0.2, 0.25) is 0 Å². The molecule has 1 spiro atoms. The van der Waals surface area contributed by atoms with E-state index >= 15 is 0 Å². The van der Waals surface area contributed by atoms with E-state index in [0.29, 0.717) is 0 Å². The van der Waals surface area contributed by atoms with Gasteiger partial charge < -0.3 is 9.47 Å². The number of rotatable bonds is 4. The van der Waals surface area contributed by atoms with Crippen LogP contribution in [0.2, 0.25) is 0 Å². The Hall–Kier alpha value is -2.73. The number of hydrogen-bond acceptors (Lipinski definition) is 6. The monoisotopic (exact) mass is 398 g/mol. The van der Waals surface area contributed by atoms with E-state index < -0.39 is 28.4 Å². The quantitative estimate of drug-likeness (QED) is 0.442. The van der Waals surface area contributed by atoms with Crippen LogP contribution < -0.4 is 0 Å². The van der Waals surface area contributed by atoms with Crippen LogP contribution in [0.1, 0.15) is 25.0 Å². The molecule has 4 rings (SSSR count). The Balaban J connectivity index is 1.99. The Kier molecular flexibility index (Phi) is 4.46. The van der Waals surface area contributed by atoms with Gasteiger partial charge in [0.05, 0.1) is 13.2 Å². The normalized spacial score (nSPS) is 23.3. The molecule has 2 aromatic rings. The molecule has 0 N–H and O–H groups in total. The molecule has 28 heavy (non-hydrogen) atoms. The summed E-state index contributed by atoms with van der Waals surface area (Å²) in [7, 11) is 0. The SMILES string of the molecule is CCOC(=O)[C@@H]1C2(N=N[C@@]1(Cl)C(=O)OCC)c1ccccc1-c1ccccc12. The van der Waals surface area contributed by atoms with E-state index in [4.69, 9.17) is 21.1 Å². The fraction of sp³-hybridized carbons (Fsp3) is 0.333. The molecule has 2 aliphatic rings. The average molecular weight is 399 g/mol. The van der Waals surface area contributed by atoms with Crippen molar-refractivity contribution < 1.29 is 19.1 Å². The van der Waals surface area contributed by atoms with Gasteiger partial charge in [0, 0.05) is 0 Å². The highest BCUT2D eigenvalue weighted by molar-refractivity contribution is 6.35. The molecule has 0 amide bonds. The first kappa shape index (κ1) is 18.6. The van der Waals surface area contributed by atoms with Crippen LogP contribution in [0.25, 0.3) is 11.1 Å². The Labute approximate surface area is 167 Å². The van der Waals surface area contributed by atoms with E-state index in [0.717, 1.165) is 22.3 Å². The van der Waals surface area contributed by atoms with Gasteiger partial charge in [-0.3, -0.25) is 4.79 Å². The van der Waals surface area contributed by atoms with E-state index in [2.05, 4.69) is 10.2 Å². The maximum absolute atomic E-state index is 13.1. The lowest BCUT2D eigenvalue weighted by Crippen LogP contribution is -2.50. The Morgan fingerprint density at radius 3 is 2.00 bits per heavy atom. The molecule has 2 atom stereocenters. The lowest BCUT2D eigenvalue weighted by molar-refractivity contribution is -0.159. The van der Waals surface area contributed by atoms with Crippen molar-refractivity contribution in [3.63, 3.8) is 0 Å². The van der Waals surface area contributed by atoms with Gasteiger partial charge in [0.1, 0.15) is 5.92 Å². The number of carbonyl (C=O) groups excluding carboxylic acids is 2. The summed E-state index contributed by atoms with van der Waals surface area (Å²) in [4.78, 5) is 23.9. The van der Waals surface area contributed by atoms with Gasteiger partial charge in [-0.15, -0.1) is 0 Å². The topological polar surface area (TPSA) is 77.3 Å². The maximum atomic E-state index is 13.1. The van der Waals surface area contributed by atoms with E-state index in [1.165, 1.54) is 0 Å². The summed E-state index contributed by atoms with van der Waals surface area (Å²) in [5, 5.41) is 8.60. The van der Waals surface area contributed by atoms with Crippen molar-refractivity contribution in [2.24, 2.45) is 16.1 Å². The van der Waals surface area contributed by atoms with Crippen molar-refractivity contribution in [3.05, 3.63) is 59.7 Å². The fourth-order valence-corrected chi connectivity index (χ4v) is 4.49. The first-order valence-corrected chi connectivity index (χ1v) is 9.54. The summed E-state index contributed by atoms with van der Waals surface area (Å²) in [6.07, 6.45) is 0. The third kappa shape index (κ3) is 2.34. The van der Waals surface area contributed by atoms with Gasteiger partial charge in [-0.2, -0.15) is 10.2 Å². The predicted octanol–water partition coefficient (Wildman–Crippen LogP) is 4.05. The minimum Gasteiger partial charge on any atom is -0.466 e. The number of alkyl halides is 1. The smallest absolute Gasteiger partial charge is 0.352 e. The lowest BCUT2D eigenvalue weighted by atomic mass is 9.74. The number of fused-ring (bicyclic) bond motifs is 5. The van der Waals surface area contributed by atoms with Crippen LogP contribution in [0.3, 0.4) is 0 Å². The van der Waals surface area contributed by atoms with E-state index in [1.807, 2.05) is 48.5 Å². The number of nitrogens with zero attached hydrogens (tertiary/aromatic N) is 2. The molecular weight excluding hydrogens is 380 g/mol. The van der Waals surface area contributed by atoms with Crippen LogP contribution >= 0.6 is 11.6 Å². The Bertz CT molecular complexity index is 944. The minimum absolute atomic E-state index is 0.110. The first-order valence-electron chi connectivity index (χ1n) is 9.16. The zero-order valence-electron chi connectivity index (χ0n) is 15.5. The number of hydrogen-bond donors (Lipinski definition) is 0. The van der Waals surface area contributed by atoms with E-state index in [1.54, 1.807) is 13.8 Å². The van der Waals surface area contributed by atoms with Crippen molar-refractivity contribution in [2.45, 2.75) is 24.4 Å². The molecule has 0 bridgehead atoms. The van der Waals surface area contributed by atoms with Gasteiger partial charge in [0.15, 0.2) is 5.54 Å². The molecule has 1 aliphatic carbocycles. The molecular formula is C21H19ClN2O4. The lowest BCUT2D eigenvalue weighted by Gasteiger charge is -2.32. The van der Waals surface area contributed by atoms with Gasteiger partial charge in [-0.25, -0.2) is 4.79 Å². The molecule has 144 valence electrons. The molecule has 0 saturated heterocycles. The second-order valence-corrected chi connectivity index (χ2v) is 7.21. The van der Waals surface area contributed by atoms with Gasteiger partial charge in [-0.1, -0.05) is 60.1 Å². The van der Waals surface area contributed by atoms with Crippen molar-refractivity contribution in [1.29, 1.82) is 0 Å². The molecule has 0 radical (unpaired) electrons. The Morgan fingerprint density at radius 1 is 0.929 bits per heavy atom. The molecule has 1 heterocycles. The Morgan fingerprint density at radius 2 is 1.46 bits per heavy atom. The summed E-state index contributed by atoms with van der Waals surface area (Å²) < 4.78 is 10.4. The number of benzene rings is 2. The molecule has 1 aliphatic heterocycles. The standard InChI is InChI=1S/C21H19ClN2O4/c1-3-27-18(25)17-20(23-24-21(17,22)19(26)28-4-2)15-11-7-5-9-13(15)14-10-6-8-12-16(14)20/h5-12,17H,3-4H2,1-2H3/t17-,21-/m1/s1. The number of halogens is 1. The molecule has 6 nitrogen and oxygen atoms in total. The van der Waals surface area contributed by atoms with Gasteiger partial charge >= 0.3 is 11.9 Å². The van der Waals surface area contributed by atoms with Crippen LogP contribution in [0.4, 0.5) is 0 Å². The molecule has 0 unspecified atom stereocenters. The maximum Gasteiger partial charge on any atom is 0.352 e.